The Morgan fingerprint density at radius 1 is 1.57 bits per heavy atom. The van der Waals surface area contributed by atoms with Gasteiger partial charge in [0, 0.05) is 11.5 Å². The lowest BCUT2D eigenvalue weighted by atomic mass is 9.98. The Balaban J connectivity index is 2.14. The number of para-hydroxylation sites is 1. The van der Waals surface area contributed by atoms with Crippen molar-refractivity contribution in [2.75, 3.05) is 13.7 Å². The van der Waals surface area contributed by atoms with E-state index in [2.05, 4.69) is 4.74 Å². The summed E-state index contributed by atoms with van der Waals surface area (Å²) in [7, 11) is 1.41. The topological polar surface area (TPSA) is 35.5 Å². The molecule has 14 heavy (non-hydrogen) atoms. The third-order valence-corrected chi connectivity index (χ3v) is 2.44. The van der Waals surface area contributed by atoms with Gasteiger partial charge in [0.1, 0.15) is 5.75 Å². The molecule has 74 valence electrons. The number of carbonyl (C=O) groups is 1. The van der Waals surface area contributed by atoms with E-state index < -0.39 is 0 Å². The molecule has 1 aliphatic rings. The molecule has 0 saturated carbocycles. The molecule has 1 aromatic rings. The quantitative estimate of drug-likeness (QED) is 0.669. The Bertz CT molecular complexity index is 346. The predicted octanol–water partition coefficient (Wildman–Crippen LogP) is 1.73. The van der Waals surface area contributed by atoms with Crippen LogP contribution in [-0.4, -0.2) is 19.7 Å². The highest BCUT2D eigenvalue weighted by Gasteiger charge is 2.25. The highest BCUT2D eigenvalue weighted by Crippen LogP contribution is 2.35. The zero-order chi connectivity index (χ0) is 9.97. The number of ether oxygens (including phenoxy) is 2. The van der Waals surface area contributed by atoms with E-state index in [0.717, 1.165) is 11.3 Å². The number of fused-ring (bicyclic) bond motifs is 1. The molecule has 0 radical (unpaired) electrons. The minimum Gasteiger partial charge on any atom is -0.493 e. The van der Waals surface area contributed by atoms with Crippen molar-refractivity contribution in [1.29, 1.82) is 0 Å². The van der Waals surface area contributed by atoms with Gasteiger partial charge in [-0.1, -0.05) is 18.2 Å². The van der Waals surface area contributed by atoms with E-state index in [1.54, 1.807) is 0 Å². The van der Waals surface area contributed by atoms with E-state index in [1.807, 2.05) is 24.3 Å². The van der Waals surface area contributed by atoms with Crippen LogP contribution in [0.3, 0.4) is 0 Å². The molecular weight excluding hydrogens is 180 g/mol. The average molecular weight is 192 g/mol. The maximum Gasteiger partial charge on any atom is 0.306 e. The molecule has 1 atom stereocenters. The number of hydrogen-bond donors (Lipinski definition) is 0. The molecule has 1 aromatic carbocycles. The van der Waals surface area contributed by atoms with Crippen LogP contribution in [0.25, 0.3) is 0 Å². The van der Waals surface area contributed by atoms with Crippen LogP contribution in [0.5, 0.6) is 5.75 Å². The SMILES string of the molecule is COC(=O)CC1COc2ccccc21. The maximum absolute atomic E-state index is 11.1. The fraction of sp³-hybridized carbons (Fsp3) is 0.364. The highest BCUT2D eigenvalue weighted by molar-refractivity contribution is 5.70. The molecule has 0 fully saturated rings. The smallest absolute Gasteiger partial charge is 0.306 e. The lowest BCUT2D eigenvalue weighted by molar-refractivity contribution is -0.141. The van der Waals surface area contributed by atoms with Crippen molar-refractivity contribution in [3.63, 3.8) is 0 Å². The second kappa shape index (κ2) is 3.70. The van der Waals surface area contributed by atoms with Crippen LogP contribution in [0.15, 0.2) is 24.3 Å². The van der Waals surface area contributed by atoms with Gasteiger partial charge in [0.2, 0.25) is 0 Å². The van der Waals surface area contributed by atoms with Gasteiger partial charge in [0.25, 0.3) is 0 Å². The van der Waals surface area contributed by atoms with Gasteiger partial charge in [-0.3, -0.25) is 4.79 Å². The van der Waals surface area contributed by atoms with Gasteiger partial charge < -0.3 is 9.47 Å². The van der Waals surface area contributed by atoms with Gasteiger partial charge >= 0.3 is 5.97 Å². The van der Waals surface area contributed by atoms with Crippen LogP contribution < -0.4 is 4.74 Å². The molecule has 3 nitrogen and oxygen atoms in total. The first-order valence-electron chi connectivity index (χ1n) is 4.60. The lowest BCUT2D eigenvalue weighted by Gasteiger charge is -2.05. The largest absolute Gasteiger partial charge is 0.493 e. The molecule has 2 rings (SSSR count). The zero-order valence-corrected chi connectivity index (χ0v) is 8.03. The van der Waals surface area contributed by atoms with Gasteiger partial charge in [-0.25, -0.2) is 0 Å². The van der Waals surface area contributed by atoms with E-state index in [-0.39, 0.29) is 11.9 Å². The Morgan fingerprint density at radius 2 is 2.36 bits per heavy atom. The number of hydrogen-bond acceptors (Lipinski definition) is 3. The van der Waals surface area contributed by atoms with Crippen molar-refractivity contribution in [2.45, 2.75) is 12.3 Å². The van der Waals surface area contributed by atoms with Crippen LogP contribution in [0, 0.1) is 0 Å². The molecule has 0 aliphatic carbocycles. The summed E-state index contributed by atoms with van der Waals surface area (Å²) in [6, 6.07) is 7.81. The van der Waals surface area contributed by atoms with Crippen molar-refractivity contribution in [1.82, 2.24) is 0 Å². The average Bonchev–Trinajstić information content (AvgIpc) is 2.62. The normalized spacial score (nSPS) is 18.5. The molecular formula is C11H12O3. The Kier molecular flexibility index (Phi) is 2.39. The second-order valence-electron chi connectivity index (χ2n) is 3.33. The molecule has 3 heteroatoms. The van der Waals surface area contributed by atoms with E-state index in [0.29, 0.717) is 13.0 Å². The molecule has 1 heterocycles. The zero-order valence-electron chi connectivity index (χ0n) is 8.03. The molecule has 0 amide bonds. The third kappa shape index (κ3) is 1.58. The van der Waals surface area contributed by atoms with Crippen molar-refractivity contribution >= 4 is 5.97 Å². The summed E-state index contributed by atoms with van der Waals surface area (Å²) < 4.78 is 10.1. The number of carbonyl (C=O) groups excluding carboxylic acids is 1. The lowest BCUT2D eigenvalue weighted by Crippen LogP contribution is -2.09. The fourth-order valence-corrected chi connectivity index (χ4v) is 1.68. The van der Waals surface area contributed by atoms with Gasteiger partial charge in [0.15, 0.2) is 0 Å². The Morgan fingerprint density at radius 3 is 3.14 bits per heavy atom. The van der Waals surface area contributed by atoms with E-state index in [9.17, 15) is 4.79 Å². The van der Waals surface area contributed by atoms with E-state index in [1.165, 1.54) is 7.11 Å². The van der Waals surface area contributed by atoms with Gasteiger partial charge in [0.05, 0.1) is 20.1 Å². The predicted molar refractivity (Wildman–Crippen MR) is 51.3 cm³/mol. The van der Waals surface area contributed by atoms with Gasteiger partial charge in [-0.15, -0.1) is 0 Å². The molecule has 0 aromatic heterocycles. The van der Waals surface area contributed by atoms with Crippen molar-refractivity contribution in [3.8, 4) is 5.75 Å². The third-order valence-electron chi connectivity index (χ3n) is 2.44. The number of rotatable bonds is 2. The number of benzene rings is 1. The molecule has 0 spiro atoms. The molecule has 0 bridgehead atoms. The Labute approximate surface area is 82.6 Å². The fourth-order valence-electron chi connectivity index (χ4n) is 1.68. The number of esters is 1. The molecule has 0 N–H and O–H groups in total. The van der Waals surface area contributed by atoms with Crippen molar-refractivity contribution in [2.24, 2.45) is 0 Å². The first kappa shape index (κ1) is 9.06. The van der Waals surface area contributed by atoms with Crippen LogP contribution in [0.1, 0.15) is 17.9 Å². The standard InChI is InChI=1S/C11H12O3/c1-13-11(12)6-8-7-14-10-5-3-2-4-9(8)10/h2-5,8H,6-7H2,1H3. The van der Waals surface area contributed by atoms with Crippen LogP contribution in [0.2, 0.25) is 0 Å². The minimum atomic E-state index is -0.185. The summed E-state index contributed by atoms with van der Waals surface area (Å²) in [5.74, 6) is 0.857. The second-order valence-corrected chi connectivity index (χ2v) is 3.33. The van der Waals surface area contributed by atoms with Crippen LogP contribution in [0.4, 0.5) is 0 Å². The molecule has 1 unspecified atom stereocenters. The first-order chi connectivity index (χ1) is 6.81. The monoisotopic (exact) mass is 192 g/mol. The van der Waals surface area contributed by atoms with E-state index in [4.69, 9.17) is 4.74 Å². The Hall–Kier alpha value is -1.51. The highest BCUT2D eigenvalue weighted by atomic mass is 16.5. The maximum atomic E-state index is 11.1. The van der Waals surface area contributed by atoms with Crippen molar-refractivity contribution < 1.29 is 14.3 Å². The summed E-state index contributed by atoms with van der Waals surface area (Å²) in [5, 5.41) is 0. The first-order valence-corrected chi connectivity index (χ1v) is 4.60. The summed E-state index contributed by atoms with van der Waals surface area (Å²) in [4.78, 5) is 11.1. The van der Waals surface area contributed by atoms with E-state index >= 15 is 0 Å². The summed E-state index contributed by atoms with van der Waals surface area (Å²) in [6.07, 6.45) is 0.396. The number of methoxy groups -OCH3 is 1. The van der Waals surface area contributed by atoms with Crippen LogP contribution >= 0.6 is 0 Å². The molecule has 0 saturated heterocycles. The minimum absolute atomic E-state index is 0.152. The van der Waals surface area contributed by atoms with Crippen LogP contribution in [-0.2, 0) is 9.53 Å². The summed E-state index contributed by atoms with van der Waals surface area (Å²) >= 11 is 0. The van der Waals surface area contributed by atoms with Crippen molar-refractivity contribution in [3.05, 3.63) is 29.8 Å². The van der Waals surface area contributed by atoms with Gasteiger partial charge in [-0.05, 0) is 6.07 Å². The van der Waals surface area contributed by atoms with Gasteiger partial charge in [-0.2, -0.15) is 0 Å². The molecule has 1 aliphatic heterocycles. The summed E-state index contributed by atoms with van der Waals surface area (Å²) in [5.41, 5.74) is 1.11. The summed E-state index contributed by atoms with van der Waals surface area (Å²) in [6.45, 7) is 0.578.